The predicted molar refractivity (Wildman–Crippen MR) is 72.2 cm³/mol. The van der Waals surface area contributed by atoms with Crippen LogP contribution in [0.25, 0.3) is 0 Å². The minimum Gasteiger partial charge on any atom is -0.480 e. The summed E-state index contributed by atoms with van der Waals surface area (Å²) >= 11 is 0. The van der Waals surface area contributed by atoms with Gasteiger partial charge in [-0.05, 0) is 12.3 Å². The van der Waals surface area contributed by atoms with Crippen LogP contribution < -0.4 is 5.32 Å². The lowest BCUT2D eigenvalue weighted by Gasteiger charge is -2.20. The predicted octanol–water partition coefficient (Wildman–Crippen LogP) is 0.847. The molecule has 0 radical (unpaired) electrons. The van der Waals surface area contributed by atoms with E-state index in [1.165, 1.54) is 6.33 Å². The number of urea groups is 1. The molecule has 2 atom stereocenters. The largest absolute Gasteiger partial charge is 0.480 e. The van der Waals surface area contributed by atoms with E-state index < -0.39 is 12.0 Å². The number of aliphatic carboxylic acids is 1. The lowest BCUT2D eigenvalue weighted by molar-refractivity contribution is -0.139. The summed E-state index contributed by atoms with van der Waals surface area (Å²) in [6.45, 7) is 3.50. The van der Waals surface area contributed by atoms with Crippen molar-refractivity contribution in [2.45, 2.75) is 32.2 Å². The van der Waals surface area contributed by atoms with Gasteiger partial charge in [0, 0.05) is 31.4 Å². The van der Waals surface area contributed by atoms with E-state index in [1.807, 2.05) is 0 Å². The molecule has 7 nitrogen and oxygen atoms in total. The maximum absolute atomic E-state index is 12.1. The van der Waals surface area contributed by atoms with E-state index in [9.17, 15) is 14.7 Å². The third-order valence-corrected chi connectivity index (χ3v) is 3.73. The number of carboxylic acids is 1. The molecule has 1 saturated heterocycles. The standard InChI is InChI=1S/C13H20N4O3/c1-2-9-3-4-17(7-9)13(20)16-11(12(18)19)5-10-6-14-8-15-10/h6,8-9,11H,2-5,7H2,1H3,(H,14,15)(H,16,20)(H,18,19)/t9?,11-/m0/s1. The van der Waals surface area contributed by atoms with Crippen molar-refractivity contribution in [1.82, 2.24) is 20.2 Å². The van der Waals surface area contributed by atoms with Crippen LogP contribution in [-0.4, -0.2) is 51.1 Å². The summed E-state index contributed by atoms with van der Waals surface area (Å²) in [4.78, 5) is 31.7. The number of likely N-dealkylation sites (tertiary alicyclic amines) is 1. The first-order valence-electron chi connectivity index (χ1n) is 6.85. The van der Waals surface area contributed by atoms with Gasteiger partial charge in [0.2, 0.25) is 0 Å². The molecule has 1 fully saturated rings. The van der Waals surface area contributed by atoms with E-state index in [0.29, 0.717) is 24.7 Å². The Kier molecular flexibility index (Phi) is 4.60. The van der Waals surface area contributed by atoms with Gasteiger partial charge in [0.05, 0.1) is 6.33 Å². The molecule has 2 heterocycles. The smallest absolute Gasteiger partial charge is 0.326 e. The zero-order chi connectivity index (χ0) is 14.5. The molecular weight excluding hydrogens is 260 g/mol. The summed E-state index contributed by atoms with van der Waals surface area (Å²) in [5.74, 6) is -0.518. The number of nitrogens with zero attached hydrogens (tertiary/aromatic N) is 2. The highest BCUT2D eigenvalue weighted by atomic mass is 16.4. The summed E-state index contributed by atoms with van der Waals surface area (Å²) in [5, 5.41) is 11.8. The number of aromatic nitrogens is 2. The zero-order valence-electron chi connectivity index (χ0n) is 11.5. The Hall–Kier alpha value is -2.05. The topological polar surface area (TPSA) is 98.3 Å². The number of rotatable bonds is 5. The number of carboxylic acid groups (broad SMARTS) is 1. The lowest BCUT2D eigenvalue weighted by Crippen LogP contribution is -2.48. The number of imidazole rings is 1. The Bertz CT molecular complexity index is 460. The number of hydrogen-bond donors (Lipinski definition) is 3. The fourth-order valence-corrected chi connectivity index (χ4v) is 2.41. The van der Waals surface area contributed by atoms with Crippen LogP contribution in [-0.2, 0) is 11.2 Å². The summed E-state index contributed by atoms with van der Waals surface area (Å²) in [6.07, 6.45) is 5.28. The first-order chi connectivity index (χ1) is 9.60. The second-order valence-corrected chi connectivity index (χ2v) is 5.13. The molecule has 7 heteroatoms. The maximum Gasteiger partial charge on any atom is 0.326 e. The summed E-state index contributed by atoms with van der Waals surface area (Å²) in [5.41, 5.74) is 0.686. The van der Waals surface area contributed by atoms with Crippen LogP contribution >= 0.6 is 0 Å². The quantitative estimate of drug-likeness (QED) is 0.744. The molecule has 1 aliphatic heterocycles. The van der Waals surface area contributed by atoms with E-state index in [0.717, 1.165) is 12.8 Å². The van der Waals surface area contributed by atoms with Gasteiger partial charge in [-0.15, -0.1) is 0 Å². The molecule has 3 N–H and O–H groups in total. The molecule has 0 aliphatic carbocycles. The highest BCUT2D eigenvalue weighted by molar-refractivity contribution is 5.82. The third-order valence-electron chi connectivity index (χ3n) is 3.73. The maximum atomic E-state index is 12.1. The zero-order valence-corrected chi connectivity index (χ0v) is 11.5. The number of H-pyrrole nitrogens is 1. The number of aromatic amines is 1. The van der Waals surface area contributed by atoms with E-state index in [-0.39, 0.29) is 12.5 Å². The van der Waals surface area contributed by atoms with Crippen LogP contribution in [0.1, 0.15) is 25.5 Å². The Labute approximate surface area is 117 Å². The van der Waals surface area contributed by atoms with Gasteiger partial charge in [0.15, 0.2) is 0 Å². The number of nitrogens with one attached hydrogen (secondary N) is 2. The van der Waals surface area contributed by atoms with Crippen molar-refractivity contribution in [1.29, 1.82) is 0 Å². The number of carbonyl (C=O) groups is 2. The van der Waals surface area contributed by atoms with Crippen LogP contribution in [0.3, 0.4) is 0 Å². The van der Waals surface area contributed by atoms with Crippen molar-refractivity contribution in [3.8, 4) is 0 Å². The van der Waals surface area contributed by atoms with Crippen molar-refractivity contribution in [2.75, 3.05) is 13.1 Å². The first kappa shape index (κ1) is 14.4. The normalized spacial score (nSPS) is 19.9. The minimum atomic E-state index is -1.04. The average Bonchev–Trinajstić information content (AvgIpc) is 3.08. The van der Waals surface area contributed by atoms with Crippen LogP contribution in [0.2, 0.25) is 0 Å². The van der Waals surface area contributed by atoms with E-state index in [4.69, 9.17) is 0 Å². The van der Waals surface area contributed by atoms with Gasteiger partial charge in [-0.2, -0.15) is 0 Å². The van der Waals surface area contributed by atoms with Gasteiger partial charge < -0.3 is 20.3 Å². The molecular formula is C13H20N4O3. The number of hydrogen-bond acceptors (Lipinski definition) is 3. The van der Waals surface area contributed by atoms with Gasteiger partial charge >= 0.3 is 12.0 Å². The molecule has 20 heavy (non-hydrogen) atoms. The average molecular weight is 280 g/mol. The molecule has 0 bridgehead atoms. The van der Waals surface area contributed by atoms with Gasteiger partial charge in [0.25, 0.3) is 0 Å². The molecule has 2 amide bonds. The third kappa shape index (κ3) is 3.49. The fourth-order valence-electron chi connectivity index (χ4n) is 2.41. The van der Waals surface area contributed by atoms with Crippen molar-refractivity contribution < 1.29 is 14.7 Å². The fraction of sp³-hybridized carbons (Fsp3) is 0.615. The van der Waals surface area contributed by atoms with Crippen LogP contribution in [0.5, 0.6) is 0 Å². The molecule has 1 aromatic heterocycles. The highest BCUT2D eigenvalue weighted by Crippen LogP contribution is 2.18. The molecule has 1 aliphatic rings. The van der Waals surface area contributed by atoms with E-state index in [2.05, 4.69) is 22.2 Å². The molecule has 1 unspecified atom stereocenters. The van der Waals surface area contributed by atoms with Crippen molar-refractivity contribution in [2.24, 2.45) is 5.92 Å². The summed E-state index contributed by atoms with van der Waals surface area (Å²) in [7, 11) is 0. The van der Waals surface area contributed by atoms with Crippen LogP contribution in [0, 0.1) is 5.92 Å². The Morgan fingerprint density at radius 1 is 1.65 bits per heavy atom. The van der Waals surface area contributed by atoms with Gasteiger partial charge in [-0.1, -0.05) is 13.3 Å². The van der Waals surface area contributed by atoms with Gasteiger partial charge in [0.1, 0.15) is 6.04 Å². The van der Waals surface area contributed by atoms with Crippen LogP contribution in [0.4, 0.5) is 4.79 Å². The Balaban J connectivity index is 1.91. The second kappa shape index (κ2) is 6.40. The van der Waals surface area contributed by atoms with Crippen LogP contribution in [0.15, 0.2) is 12.5 Å². The SMILES string of the molecule is CCC1CCN(C(=O)N[C@@H](Cc2cnc[nH]2)C(=O)O)C1. The van der Waals surface area contributed by atoms with E-state index >= 15 is 0 Å². The Morgan fingerprint density at radius 3 is 3.00 bits per heavy atom. The Morgan fingerprint density at radius 2 is 2.45 bits per heavy atom. The summed E-state index contributed by atoms with van der Waals surface area (Å²) < 4.78 is 0. The van der Waals surface area contributed by atoms with Crippen molar-refractivity contribution in [3.63, 3.8) is 0 Å². The molecule has 110 valence electrons. The number of amides is 2. The van der Waals surface area contributed by atoms with Gasteiger partial charge in [-0.25, -0.2) is 14.6 Å². The molecule has 2 rings (SSSR count). The molecule has 0 spiro atoms. The summed E-state index contributed by atoms with van der Waals surface area (Å²) in [6, 6.07) is -1.24. The van der Waals surface area contributed by atoms with E-state index in [1.54, 1.807) is 11.1 Å². The molecule has 0 aromatic carbocycles. The highest BCUT2D eigenvalue weighted by Gasteiger charge is 2.28. The lowest BCUT2D eigenvalue weighted by atomic mass is 10.1. The first-order valence-corrected chi connectivity index (χ1v) is 6.85. The molecule has 1 aromatic rings. The molecule has 0 saturated carbocycles. The minimum absolute atomic E-state index is 0.201. The van der Waals surface area contributed by atoms with Crippen molar-refractivity contribution in [3.05, 3.63) is 18.2 Å². The van der Waals surface area contributed by atoms with Gasteiger partial charge in [-0.3, -0.25) is 0 Å². The van der Waals surface area contributed by atoms with Crippen molar-refractivity contribution >= 4 is 12.0 Å². The number of carbonyl (C=O) groups excluding carboxylic acids is 1. The second-order valence-electron chi connectivity index (χ2n) is 5.13. The monoisotopic (exact) mass is 280 g/mol.